The van der Waals surface area contributed by atoms with Crippen LogP contribution >= 0.6 is 0 Å². The number of fused-ring (bicyclic) bond motifs is 1. The summed E-state index contributed by atoms with van der Waals surface area (Å²) >= 11 is 0. The highest BCUT2D eigenvalue weighted by Crippen LogP contribution is 2.33. The van der Waals surface area contributed by atoms with Crippen molar-refractivity contribution in [3.8, 4) is 5.69 Å². The molecular formula is C23H28N4O4. The van der Waals surface area contributed by atoms with E-state index in [1.807, 2.05) is 33.8 Å². The van der Waals surface area contributed by atoms with E-state index in [2.05, 4.69) is 10.3 Å². The Bertz CT molecular complexity index is 995. The maximum absolute atomic E-state index is 13.5. The van der Waals surface area contributed by atoms with E-state index in [9.17, 15) is 14.4 Å². The average molecular weight is 425 g/mol. The third-order valence-corrected chi connectivity index (χ3v) is 6.02. The average Bonchev–Trinajstić information content (AvgIpc) is 3.45. The predicted octanol–water partition coefficient (Wildman–Crippen LogP) is 1.83. The Morgan fingerprint density at radius 2 is 2.06 bits per heavy atom. The molecule has 3 heterocycles. The van der Waals surface area contributed by atoms with Gasteiger partial charge in [-0.2, -0.15) is 0 Å². The van der Waals surface area contributed by atoms with Crippen LogP contribution in [0.5, 0.6) is 0 Å². The molecule has 2 amide bonds. The van der Waals surface area contributed by atoms with Gasteiger partial charge in [0.25, 0.3) is 5.91 Å². The summed E-state index contributed by atoms with van der Waals surface area (Å²) in [4.78, 5) is 44.6. The molecule has 4 atom stereocenters. The van der Waals surface area contributed by atoms with Gasteiger partial charge in [-0.3, -0.25) is 14.4 Å². The van der Waals surface area contributed by atoms with E-state index in [0.717, 1.165) is 5.69 Å². The summed E-state index contributed by atoms with van der Waals surface area (Å²) < 4.78 is 7.41. The third kappa shape index (κ3) is 3.99. The van der Waals surface area contributed by atoms with E-state index >= 15 is 0 Å². The van der Waals surface area contributed by atoms with Gasteiger partial charge in [0, 0.05) is 36.1 Å². The fourth-order valence-corrected chi connectivity index (χ4v) is 4.37. The first-order valence-electron chi connectivity index (χ1n) is 10.5. The van der Waals surface area contributed by atoms with Crippen molar-refractivity contribution in [1.29, 1.82) is 0 Å². The Labute approximate surface area is 181 Å². The van der Waals surface area contributed by atoms with Crippen LogP contribution in [-0.4, -0.2) is 63.4 Å². The molecule has 2 aliphatic rings. The number of Topliss-reactive ketones (excluding diaryl/α,β-unsaturated/α-hetero) is 1. The minimum absolute atomic E-state index is 0.0387. The maximum Gasteiger partial charge on any atom is 0.252 e. The topological polar surface area (TPSA) is 93.5 Å². The monoisotopic (exact) mass is 424 g/mol. The third-order valence-electron chi connectivity index (χ3n) is 6.02. The Kier molecular flexibility index (Phi) is 5.43. The summed E-state index contributed by atoms with van der Waals surface area (Å²) in [6, 6.07) is 5.79. The van der Waals surface area contributed by atoms with E-state index < -0.39 is 17.5 Å². The molecule has 31 heavy (non-hydrogen) atoms. The fourth-order valence-electron chi connectivity index (χ4n) is 4.37. The van der Waals surface area contributed by atoms with E-state index in [4.69, 9.17) is 4.74 Å². The zero-order valence-electron chi connectivity index (χ0n) is 18.2. The van der Waals surface area contributed by atoms with Gasteiger partial charge >= 0.3 is 0 Å². The molecule has 2 aromatic rings. The molecule has 1 aromatic carbocycles. The van der Waals surface area contributed by atoms with Gasteiger partial charge in [-0.25, -0.2) is 4.98 Å². The van der Waals surface area contributed by atoms with E-state index in [1.165, 1.54) is 0 Å². The van der Waals surface area contributed by atoms with Crippen molar-refractivity contribution in [3.05, 3.63) is 48.5 Å². The summed E-state index contributed by atoms with van der Waals surface area (Å²) in [6.07, 6.45) is 4.85. The number of nitrogens with zero attached hydrogens (tertiary/aromatic N) is 3. The van der Waals surface area contributed by atoms with E-state index in [0.29, 0.717) is 12.1 Å². The number of aromatic nitrogens is 2. The lowest BCUT2D eigenvalue weighted by molar-refractivity contribution is -0.140. The first kappa shape index (κ1) is 21.2. The lowest BCUT2D eigenvalue weighted by Crippen LogP contribution is -2.57. The molecule has 0 aliphatic carbocycles. The van der Waals surface area contributed by atoms with Crippen molar-refractivity contribution in [3.63, 3.8) is 0 Å². The minimum atomic E-state index is -0.781. The maximum atomic E-state index is 13.5. The normalized spacial score (nSPS) is 24.2. The van der Waals surface area contributed by atoms with Crippen LogP contribution in [0.15, 0.2) is 43.0 Å². The van der Waals surface area contributed by atoms with Crippen LogP contribution in [0.4, 0.5) is 0 Å². The number of benzene rings is 1. The van der Waals surface area contributed by atoms with Gasteiger partial charge in [-0.1, -0.05) is 33.8 Å². The molecule has 2 fully saturated rings. The largest absolute Gasteiger partial charge is 0.367 e. The molecule has 4 rings (SSSR count). The van der Waals surface area contributed by atoms with Crippen LogP contribution in [0.1, 0.15) is 38.1 Å². The molecule has 8 heteroatoms. The van der Waals surface area contributed by atoms with Crippen molar-refractivity contribution in [2.75, 3.05) is 13.2 Å². The van der Waals surface area contributed by atoms with Crippen LogP contribution in [0.3, 0.4) is 0 Å². The van der Waals surface area contributed by atoms with Crippen molar-refractivity contribution < 1.29 is 19.1 Å². The Morgan fingerprint density at radius 1 is 1.29 bits per heavy atom. The van der Waals surface area contributed by atoms with Crippen LogP contribution < -0.4 is 5.32 Å². The van der Waals surface area contributed by atoms with Crippen molar-refractivity contribution in [2.45, 2.75) is 45.9 Å². The molecule has 2 saturated heterocycles. The highest BCUT2D eigenvalue weighted by Gasteiger charge is 2.52. The number of hydrogen-bond acceptors (Lipinski definition) is 5. The zero-order valence-corrected chi connectivity index (χ0v) is 18.2. The van der Waals surface area contributed by atoms with Crippen LogP contribution in [0, 0.1) is 11.3 Å². The predicted molar refractivity (Wildman–Crippen MR) is 114 cm³/mol. The van der Waals surface area contributed by atoms with Gasteiger partial charge in [-0.05, 0) is 23.6 Å². The molecule has 0 radical (unpaired) electrons. The Morgan fingerprint density at radius 3 is 2.74 bits per heavy atom. The van der Waals surface area contributed by atoms with Gasteiger partial charge in [-0.15, -0.1) is 0 Å². The summed E-state index contributed by atoms with van der Waals surface area (Å²) in [6.45, 7) is 8.18. The highest BCUT2D eigenvalue weighted by molar-refractivity contribution is 5.99. The number of amides is 2. The lowest BCUT2D eigenvalue weighted by atomic mass is 9.85. The molecule has 164 valence electrons. The van der Waals surface area contributed by atoms with Crippen molar-refractivity contribution in [2.24, 2.45) is 11.3 Å². The first-order chi connectivity index (χ1) is 14.7. The summed E-state index contributed by atoms with van der Waals surface area (Å²) in [5, 5.41) is 2.92. The summed E-state index contributed by atoms with van der Waals surface area (Å²) in [5.74, 6) is -0.587. The highest BCUT2D eigenvalue weighted by atomic mass is 16.5. The second kappa shape index (κ2) is 7.92. The molecule has 8 nitrogen and oxygen atoms in total. The van der Waals surface area contributed by atoms with Crippen LogP contribution in [0.25, 0.3) is 5.69 Å². The van der Waals surface area contributed by atoms with Crippen molar-refractivity contribution >= 4 is 17.6 Å². The molecule has 2 aliphatic heterocycles. The molecule has 1 N–H and O–H groups in total. The second-order valence-corrected chi connectivity index (χ2v) is 9.45. The zero-order chi connectivity index (χ0) is 22.3. The van der Waals surface area contributed by atoms with Crippen LogP contribution in [-0.2, 0) is 14.3 Å². The minimum Gasteiger partial charge on any atom is -0.367 e. The number of imidazole rings is 1. The molecule has 0 spiro atoms. The van der Waals surface area contributed by atoms with E-state index in [-0.39, 0.29) is 36.2 Å². The number of ketones is 1. The van der Waals surface area contributed by atoms with Gasteiger partial charge in [0.2, 0.25) is 5.91 Å². The first-order valence-corrected chi connectivity index (χ1v) is 10.5. The fraction of sp³-hybridized carbons (Fsp3) is 0.478. The molecular weight excluding hydrogens is 396 g/mol. The molecule has 2 unspecified atom stereocenters. The SMILES string of the molecule is CC1CN(C(=O)C(NC(=O)c2cccc(-n3ccnc3)c2)C(C)(C)C)[C@@H]2C(=O)CO[C@H]12. The second-order valence-electron chi connectivity index (χ2n) is 9.45. The number of carbonyl (C=O) groups excluding carboxylic acids is 3. The van der Waals surface area contributed by atoms with Crippen LogP contribution in [0.2, 0.25) is 0 Å². The summed E-state index contributed by atoms with van der Waals surface area (Å²) in [5.41, 5.74) is 0.702. The number of hydrogen-bond donors (Lipinski definition) is 1. The standard InChI is InChI=1S/C23H28N4O4/c1-14-11-27(18-17(28)12-31-19(14)18)22(30)20(23(2,3)4)25-21(29)15-6-5-7-16(10-15)26-9-8-24-13-26/h5-10,13-14,18-20H,11-12H2,1-4H3,(H,25,29)/t14?,18-,19-,20?/m1/s1. The number of rotatable bonds is 4. The number of likely N-dealkylation sites (tertiary alicyclic amines) is 1. The summed E-state index contributed by atoms with van der Waals surface area (Å²) in [7, 11) is 0. The number of carbonyl (C=O) groups is 3. The van der Waals surface area contributed by atoms with Gasteiger partial charge in [0.05, 0.1) is 12.4 Å². The quantitative estimate of drug-likeness (QED) is 0.808. The molecule has 0 saturated carbocycles. The van der Waals surface area contributed by atoms with Gasteiger partial charge in [0.15, 0.2) is 5.78 Å². The van der Waals surface area contributed by atoms with Crippen molar-refractivity contribution in [1.82, 2.24) is 19.8 Å². The van der Waals surface area contributed by atoms with Gasteiger partial charge in [0.1, 0.15) is 18.7 Å². The Balaban J connectivity index is 1.57. The Hall–Kier alpha value is -3.00. The molecule has 0 bridgehead atoms. The van der Waals surface area contributed by atoms with Gasteiger partial charge < -0.3 is 19.5 Å². The smallest absolute Gasteiger partial charge is 0.252 e. The van der Waals surface area contributed by atoms with E-state index in [1.54, 1.807) is 46.4 Å². The number of ether oxygens (including phenoxy) is 1. The lowest BCUT2D eigenvalue weighted by Gasteiger charge is -2.35. The number of nitrogens with one attached hydrogen (secondary N) is 1. The molecule has 1 aromatic heterocycles.